The Morgan fingerprint density at radius 2 is 0.671 bits per heavy atom. The maximum Gasteiger partial charge on any atom is 0.251 e. The van der Waals surface area contributed by atoms with Crippen LogP contribution in [-0.4, -0.2) is 9.97 Å². The van der Waals surface area contributed by atoms with Crippen LogP contribution >= 0.6 is 37.6 Å². The Balaban J connectivity index is 0.000000650. The van der Waals surface area contributed by atoms with E-state index in [-0.39, 0.29) is 0 Å². The molecule has 8 aromatic carbocycles. The van der Waals surface area contributed by atoms with E-state index < -0.39 is 35.0 Å². The van der Waals surface area contributed by atoms with Crippen LogP contribution in [0.1, 0.15) is 11.1 Å². The second kappa shape index (κ2) is 23.5. The smallest absolute Gasteiger partial charge is 0.251 e. The molecule has 0 amide bonds. The second-order valence-corrected chi connectivity index (χ2v) is 26.6. The molecule has 17 heteroatoms. The normalized spacial score (nSPS) is 11.8. The Bertz CT molecular complexity index is 2890. The van der Waals surface area contributed by atoms with Gasteiger partial charge >= 0.3 is 0 Å². The van der Waals surface area contributed by atoms with Crippen LogP contribution in [0.2, 0.25) is 0 Å². The molecular weight excluding hydrogens is 1040 g/mol. The van der Waals surface area contributed by atoms with Gasteiger partial charge in [-0.15, -0.1) is 31.8 Å². The summed E-state index contributed by atoms with van der Waals surface area (Å²) in [6.07, 6.45) is 0. The highest BCUT2D eigenvalue weighted by atomic mass is 35.7. The van der Waals surface area contributed by atoms with Gasteiger partial charge in [-0.1, -0.05) is 157 Å². The number of nitrogens with zero attached hydrogens (tertiary/aromatic N) is 2. The van der Waals surface area contributed by atoms with E-state index in [4.69, 9.17) is 51.7 Å². The molecule has 0 fully saturated rings. The number of benzene rings is 8. The monoisotopic (exact) mass is 1080 g/mol. The molecule has 0 unspecified atom stereocenters. The number of aryl methyl sites for hydroxylation is 2. The summed E-state index contributed by atoms with van der Waals surface area (Å²) in [5.74, 6) is 0.597. The molecule has 10 aromatic rings. The summed E-state index contributed by atoms with van der Waals surface area (Å²) in [4.78, 5) is 11.5. The molecule has 0 saturated carbocycles. The Morgan fingerprint density at radius 1 is 0.384 bits per heavy atom. The van der Waals surface area contributed by atoms with Gasteiger partial charge in [-0.2, -0.15) is 9.97 Å². The molecule has 0 aliphatic heterocycles. The van der Waals surface area contributed by atoms with Crippen LogP contribution in [0, 0.1) is 34.3 Å². The zero-order chi connectivity index (χ0) is 51.6. The third-order valence-corrected chi connectivity index (χ3v) is 22.5. The first-order valence-electron chi connectivity index (χ1n) is 22.2. The zero-order valence-corrected chi connectivity index (χ0v) is 43.9. The molecule has 0 bridgehead atoms. The van der Waals surface area contributed by atoms with E-state index in [1.807, 2.05) is 0 Å². The van der Waals surface area contributed by atoms with Gasteiger partial charge < -0.3 is 4.42 Å². The lowest BCUT2D eigenvalue weighted by atomic mass is 10.1. The average molecular weight is 1090 g/mol. The number of halogens is 2. The first-order chi connectivity index (χ1) is 35.0. The van der Waals surface area contributed by atoms with Crippen molar-refractivity contribution >= 4 is 80.3 Å². The van der Waals surface area contributed by atoms with E-state index in [0.717, 1.165) is 36.3 Å². The standard InChI is InChI=1S/C56H44N2OP2S2.2ClHO4/c1-41-33-37-43(38-34-41)51-57-52(60(45-21-9-3-10-22-45,46-23-11-4-12-24-46)47-25-13-5-14-26-47)55(59-51)63-56-53(58-54(62-56)44-39-35-42(2)36-40-44)61(48-27-15-6-16-28-48,49-29-17-7-18-30-49)50-31-19-8-20-32-50;2*2-1(3,4)5/h3-40H,1-2H3;2*(H,2,3,4,5)/q+2;;/p-2. The lowest BCUT2D eigenvalue weighted by Gasteiger charge is -2.27. The molecule has 0 spiro atoms. The molecule has 10 rings (SSSR count). The number of rotatable bonds is 12. The van der Waals surface area contributed by atoms with Crippen molar-refractivity contribution in [2.75, 3.05) is 0 Å². The molecule has 0 aliphatic carbocycles. The number of oxazole rings is 1. The first-order valence-corrected chi connectivity index (χ1v) is 29.9. The average Bonchev–Trinajstić information content (AvgIpc) is 4.01. The van der Waals surface area contributed by atoms with Gasteiger partial charge in [0.15, 0.2) is 14.5 Å². The van der Waals surface area contributed by atoms with E-state index in [1.165, 1.54) is 43.0 Å². The minimum Gasteiger partial charge on any atom is -0.425 e. The maximum atomic E-state index is 8.49. The van der Waals surface area contributed by atoms with Crippen LogP contribution in [0.3, 0.4) is 0 Å². The topological polar surface area (TPSA) is 223 Å². The number of hydrogen-bond donors (Lipinski definition) is 0. The summed E-state index contributed by atoms with van der Waals surface area (Å²) in [5.41, 5.74) is 6.41. The lowest BCUT2D eigenvalue weighted by molar-refractivity contribution is -2.00. The van der Waals surface area contributed by atoms with Crippen LogP contribution in [-0.2, 0) is 0 Å². The second-order valence-electron chi connectivity index (χ2n) is 16.2. The Labute approximate surface area is 436 Å². The van der Waals surface area contributed by atoms with Crippen LogP contribution in [0.4, 0.5) is 0 Å². The molecule has 368 valence electrons. The summed E-state index contributed by atoms with van der Waals surface area (Å²) in [5, 5.41) is 9.07. The summed E-state index contributed by atoms with van der Waals surface area (Å²) >= 11 is 3.42. The molecule has 0 radical (unpaired) electrons. The molecule has 11 nitrogen and oxygen atoms in total. The van der Waals surface area contributed by atoms with Crippen molar-refractivity contribution in [1.29, 1.82) is 0 Å². The van der Waals surface area contributed by atoms with Crippen LogP contribution in [0.5, 0.6) is 0 Å². The minimum absolute atomic E-state index is 0.597. The highest BCUT2D eigenvalue weighted by molar-refractivity contribution is 8.07. The van der Waals surface area contributed by atoms with E-state index >= 15 is 0 Å². The first kappa shape index (κ1) is 53.4. The van der Waals surface area contributed by atoms with Crippen molar-refractivity contribution in [3.05, 3.63) is 242 Å². The summed E-state index contributed by atoms with van der Waals surface area (Å²) in [6.45, 7) is 4.25. The predicted molar refractivity (Wildman–Crippen MR) is 273 cm³/mol. The zero-order valence-electron chi connectivity index (χ0n) is 39.0. The SMILES string of the molecule is Cc1ccc(-c2nc([P+](c3ccccc3)(c3ccccc3)c3ccccc3)c(Sc3sc(-c4ccc(C)cc4)nc3[P+](c3ccccc3)(c3ccccc3)c3ccccc3)o2)cc1.[O-][Cl+3]([O-])([O-])[O-].[O-][Cl+3]([O-])([O-])[O-]. The van der Waals surface area contributed by atoms with Crippen molar-refractivity contribution in [3.63, 3.8) is 0 Å². The largest absolute Gasteiger partial charge is 0.425 e. The Morgan fingerprint density at radius 3 is 0.986 bits per heavy atom. The minimum atomic E-state index is -4.94. The van der Waals surface area contributed by atoms with Crippen molar-refractivity contribution in [3.8, 4) is 22.0 Å². The van der Waals surface area contributed by atoms with Crippen molar-refractivity contribution in [2.24, 2.45) is 0 Å². The fraction of sp³-hybridized carbons (Fsp3) is 0.0357. The fourth-order valence-electron chi connectivity index (χ4n) is 8.41. The molecular formula is C56H44Cl2N2O9P2S2. The highest BCUT2D eigenvalue weighted by Gasteiger charge is 2.55. The van der Waals surface area contributed by atoms with Crippen molar-refractivity contribution < 1.29 is 62.2 Å². The number of hydrogen-bond acceptors (Lipinski definition) is 13. The van der Waals surface area contributed by atoms with Crippen LogP contribution in [0.25, 0.3) is 22.0 Å². The molecule has 2 aromatic heterocycles. The van der Waals surface area contributed by atoms with Gasteiger partial charge in [0, 0.05) is 11.1 Å². The molecule has 2 heterocycles. The summed E-state index contributed by atoms with van der Waals surface area (Å²) < 4.78 is 76.3. The van der Waals surface area contributed by atoms with E-state index in [1.54, 1.807) is 23.1 Å². The van der Waals surface area contributed by atoms with Gasteiger partial charge in [-0.05, 0) is 111 Å². The molecule has 0 atom stereocenters. The van der Waals surface area contributed by atoms with Gasteiger partial charge in [0.2, 0.25) is 16.4 Å². The predicted octanol–water partition coefficient (Wildman–Crippen LogP) is 1.96. The van der Waals surface area contributed by atoms with E-state index in [2.05, 4.69) is 244 Å². The maximum absolute atomic E-state index is 8.49. The van der Waals surface area contributed by atoms with Crippen molar-refractivity contribution in [1.82, 2.24) is 9.97 Å². The lowest BCUT2D eigenvalue weighted by Crippen LogP contribution is -2.68. The highest BCUT2D eigenvalue weighted by Crippen LogP contribution is 2.60. The summed E-state index contributed by atoms with van der Waals surface area (Å²) in [6, 6.07) is 83.1. The van der Waals surface area contributed by atoms with Gasteiger partial charge in [0.25, 0.3) is 5.44 Å². The fourth-order valence-corrected chi connectivity index (χ4v) is 20.1. The quantitative estimate of drug-likeness (QED) is 0.160. The van der Waals surface area contributed by atoms with Gasteiger partial charge in [0.05, 0.1) is 0 Å². The molecule has 73 heavy (non-hydrogen) atoms. The Kier molecular flexibility index (Phi) is 17.2. The molecule has 0 saturated heterocycles. The molecule has 0 N–H and O–H groups in total. The third-order valence-electron chi connectivity index (χ3n) is 11.4. The number of thiazole rings is 1. The summed E-state index contributed by atoms with van der Waals surface area (Å²) in [7, 11) is -15.2. The Hall–Kier alpha value is -5.93. The van der Waals surface area contributed by atoms with Crippen LogP contribution in [0.15, 0.2) is 244 Å². The van der Waals surface area contributed by atoms with E-state index in [9.17, 15) is 0 Å². The van der Waals surface area contributed by atoms with Crippen molar-refractivity contribution in [2.45, 2.75) is 23.1 Å². The van der Waals surface area contributed by atoms with E-state index in [0.29, 0.717) is 5.89 Å². The molecule has 0 aliphatic rings. The number of aromatic nitrogens is 2. The third kappa shape index (κ3) is 12.7. The van der Waals surface area contributed by atoms with Gasteiger partial charge in [-0.3, -0.25) is 0 Å². The van der Waals surface area contributed by atoms with Crippen LogP contribution < -0.4 is 80.0 Å². The van der Waals surface area contributed by atoms with Gasteiger partial charge in [-0.25, -0.2) is 37.3 Å². The van der Waals surface area contributed by atoms with Gasteiger partial charge in [0.1, 0.15) is 41.0 Å².